The Labute approximate surface area is 259 Å². The van der Waals surface area contributed by atoms with Gasteiger partial charge in [-0.15, -0.1) is 6.42 Å². The topological polar surface area (TPSA) is 94.9 Å². The average Bonchev–Trinajstić information content (AvgIpc) is 3.57. The van der Waals surface area contributed by atoms with Gasteiger partial charge in [0.25, 0.3) is 0 Å². The van der Waals surface area contributed by atoms with Gasteiger partial charge in [0.2, 0.25) is 5.91 Å². The largest absolute Gasteiger partial charge is 0.508 e. The van der Waals surface area contributed by atoms with Crippen LogP contribution in [0.2, 0.25) is 0 Å². The number of hydrogen-bond donors (Lipinski definition) is 1. The van der Waals surface area contributed by atoms with Crippen molar-refractivity contribution in [1.82, 2.24) is 24.8 Å². The van der Waals surface area contributed by atoms with Gasteiger partial charge in [-0.1, -0.05) is 18.6 Å². The number of fused-ring (bicyclic) bond motifs is 4. The Morgan fingerprint density at radius 1 is 1.20 bits per heavy atom. The number of likely N-dealkylation sites (N-methyl/N-ethyl adjacent to an activating group) is 1. The Hall–Kier alpha value is -4.82. The van der Waals surface area contributed by atoms with Gasteiger partial charge >= 0.3 is 6.01 Å². The van der Waals surface area contributed by atoms with Crippen LogP contribution in [-0.4, -0.2) is 87.2 Å². The molecule has 9 nitrogen and oxygen atoms in total. The summed E-state index contributed by atoms with van der Waals surface area (Å²) in [6.07, 6.45) is 12.2. The number of carbonyl (C=O) groups is 1. The first kappa shape index (κ1) is 28.9. The summed E-state index contributed by atoms with van der Waals surface area (Å²) in [4.78, 5) is 32.5. The highest BCUT2D eigenvalue weighted by Gasteiger charge is 2.42. The lowest BCUT2D eigenvalue weighted by Gasteiger charge is -2.41. The van der Waals surface area contributed by atoms with Crippen molar-refractivity contribution in [1.29, 1.82) is 0 Å². The number of rotatable bonds is 6. The standard InChI is InChI=1S/C34H32F2N6O3/c1-4-24-27(35)11-8-19-13-23(43)14-25(29(19)24)31-30(36)32-26(15-37-31)33(39-34(38-32)45-18-22-7-6-12-40(22)3)41-16-20-9-10-21(17-41)42(20)28(44)5-2/h1,5,8,11,13-15,20-22,43H,2,6-7,9-10,12,16-18H2,3H3/t20-,21+,22-/m0/s1. The smallest absolute Gasteiger partial charge is 0.319 e. The lowest BCUT2D eigenvalue weighted by molar-refractivity contribution is -0.129. The number of pyridine rings is 1. The van der Waals surface area contributed by atoms with E-state index < -0.39 is 11.6 Å². The Balaban J connectivity index is 1.37. The zero-order valence-corrected chi connectivity index (χ0v) is 24.8. The molecule has 0 aliphatic carbocycles. The van der Waals surface area contributed by atoms with E-state index in [0.29, 0.717) is 36.3 Å². The summed E-state index contributed by atoms with van der Waals surface area (Å²) < 4.78 is 37.6. The molecule has 7 rings (SSSR count). The number of anilines is 1. The predicted molar refractivity (Wildman–Crippen MR) is 167 cm³/mol. The van der Waals surface area contributed by atoms with Crippen LogP contribution in [0.4, 0.5) is 14.6 Å². The minimum absolute atomic E-state index is 0.0214. The zero-order chi connectivity index (χ0) is 31.4. The number of nitrogens with zero attached hydrogens (tertiary/aromatic N) is 6. The quantitative estimate of drug-likeness (QED) is 0.249. The Bertz CT molecular complexity index is 1900. The number of amides is 1. The number of hydrogen-bond acceptors (Lipinski definition) is 8. The first-order valence-corrected chi connectivity index (χ1v) is 15.1. The van der Waals surface area contributed by atoms with Gasteiger partial charge in [0.05, 0.1) is 10.9 Å². The van der Waals surface area contributed by atoms with E-state index in [1.165, 1.54) is 36.5 Å². The van der Waals surface area contributed by atoms with Gasteiger partial charge in [0.1, 0.15) is 35.2 Å². The second kappa shape index (κ2) is 11.3. The maximum absolute atomic E-state index is 16.7. The molecule has 0 saturated carbocycles. The summed E-state index contributed by atoms with van der Waals surface area (Å²) in [6, 6.07) is 5.59. The fourth-order valence-electron chi connectivity index (χ4n) is 7.17. The number of aromatic nitrogens is 3. The number of terminal acetylenes is 1. The van der Waals surface area contributed by atoms with Gasteiger partial charge in [-0.2, -0.15) is 9.97 Å². The Kier molecular flexibility index (Phi) is 7.25. The number of phenols is 1. The van der Waals surface area contributed by atoms with E-state index in [1.54, 1.807) is 0 Å². The SMILES string of the molecule is C#Cc1c(F)ccc2cc(O)cc(-c3ncc4c(N5C[C@H]6CC[C@@H](C5)N6C(=O)C=C)nc(OC[C@@H]5CCCN5C)nc4c3F)c12. The molecule has 3 aliphatic heterocycles. The van der Waals surface area contributed by atoms with Crippen LogP contribution < -0.4 is 9.64 Å². The molecular weight excluding hydrogens is 578 g/mol. The number of phenolic OH excluding ortho intramolecular Hbond substituents is 1. The average molecular weight is 611 g/mol. The summed E-state index contributed by atoms with van der Waals surface area (Å²) in [5.41, 5.74) is -0.0778. The lowest BCUT2D eigenvalue weighted by atomic mass is 9.96. The van der Waals surface area contributed by atoms with E-state index in [9.17, 15) is 14.3 Å². The highest BCUT2D eigenvalue weighted by molar-refractivity contribution is 6.03. The molecule has 2 aromatic heterocycles. The van der Waals surface area contributed by atoms with Crippen LogP contribution in [0.15, 0.2) is 43.1 Å². The van der Waals surface area contributed by atoms with Crippen LogP contribution in [0.5, 0.6) is 11.8 Å². The van der Waals surface area contributed by atoms with Crippen molar-refractivity contribution in [2.75, 3.05) is 38.2 Å². The fourth-order valence-corrected chi connectivity index (χ4v) is 7.17. The molecule has 0 spiro atoms. The predicted octanol–water partition coefficient (Wildman–Crippen LogP) is 4.65. The van der Waals surface area contributed by atoms with Crippen molar-refractivity contribution < 1.29 is 23.4 Å². The molecule has 11 heteroatoms. The molecule has 3 aliphatic rings. The number of likely N-dealkylation sites (tertiary alicyclic amines) is 1. The van der Waals surface area contributed by atoms with Crippen LogP contribution in [0.3, 0.4) is 0 Å². The molecule has 3 saturated heterocycles. The van der Waals surface area contributed by atoms with Gasteiger partial charge in [-0.05, 0) is 68.9 Å². The number of piperazine rings is 1. The van der Waals surface area contributed by atoms with Crippen LogP contribution >= 0.6 is 0 Å². The first-order chi connectivity index (χ1) is 21.8. The monoisotopic (exact) mass is 610 g/mol. The molecule has 0 radical (unpaired) electrons. The van der Waals surface area contributed by atoms with Crippen molar-refractivity contribution in [2.24, 2.45) is 0 Å². The number of aromatic hydroxyl groups is 1. The van der Waals surface area contributed by atoms with Gasteiger partial charge < -0.3 is 24.5 Å². The highest BCUT2D eigenvalue weighted by atomic mass is 19.1. The van der Waals surface area contributed by atoms with Crippen LogP contribution in [0, 0.1) is 24.0 Å². The summed E-state index contributed by atoms with van der Waals surface area (Å²) in [6.45, 7) is 5.97. The number of ether oxygens (including phenoxy) is 1. The van der Waals surface area contributed by atoms with E-state index in [1.807, 2.05) is 16.8 Å². The van der Waals surface area contributed by atoms with E-state index in [0.717, 1.165) is 32.2 Å². The van der Waals surface area contributed by atoms with Crippen LogP contribution in [0.25, 0.3) is 32.9 Å². The third-order valence-corrected chi connectivity index (χ3v) is 9.38. The molecule has 3 atom stereocenters. The van der Waals surface area contributed by atoms with Crippen molar-refractivity contribution >= 4 is 33.4 Å². The molecule has 2 aromatic carbocycles. The molecule has 1 amide bonds. The molecular formula is C34H32F2N6O3. The molecule has 0 unspecified atom stereocenters. The van der Waals surface area contributed by atoms with Crippen LogP contribution in [0.1, 0.15) is 31.2 Å². The third-order valence-electron chi connectivity index (χ3n) is 9.38. The minimum Gasteiger partial charge on any atom is -0.508 e. The van der Waals surface area contributed by atoms with E-state index >= 15 is 4.39 Å². The van der Waals surface area contributed by atoms with Gasteiger partial charge in [0.15, 0.2) is 5.82 Å². The van der Waals surface area contributed by atoms with Gasteiger partial charge in [-0.3, -0.25) is 9.78 Å². The number of carbonyl (C=O) groups excluding carboxylic acids is 1. The van der Waals surface area contributed by atoms with E-state index in [-0.39, 0.29) is 63.5 Å². The second-order valence-corrected chi connectivity index (χ2v) is 12.0. The summed E-state index contributed by atoms with van der Waals surface area (Å²) in [7, 11) is 2.04. The molecule has 45 heavy (non-hydrogen) atoms. The van der Waals surface area contributed by atoms with E-state index in [4.69, 9.17) is 16.1 Å². The zero-order valence-electron chi connectivity index (χ0n) is 24.8. The molecule has 4 aromatic rings. The molecule has 5 heterocycles. The summed E-state index contributed by atoms with van der Waals surface area (Å²) in [5.74, 6) is 1.17. The molecule has 2 bridgehead atoms. The van der Waals surface area contributed by atoms with Gasteiger partial charge in [-0.25, -0.2) is 8.78 Å². The second-order valence-electron chi connectivity index (χ2n) is 12.0. The first-order valence-electron chi connectivity index (χ1n) is 15.1. The Morgan fingerprint density at radius 2 is 1.98 bits per heavy atom. The van der Waals surface area contributed by atoms with Crippen molar-refractivity contribution in [3.8, 4) is 35.4 Å². The minimum atomic E-state index is -0.776. The fraction of sp³-hybridized carbons (Fsp3) is 0.353. The van der Waals surface area contributed by atoms with E-state index in [2.05, 4.69) is 27.4 Å². The summed E-state index contributed by atoms with van der Waals surface area (Å²) in [5, 5.41) is 11.6. The highest BCUT2D eigenvalue weighted by Crippen LogP contribution is 2.40. The third kappa shape index (κ3) is 4.90. The number of benzene rings is 2. The van der Waals surface area contributed by atoms with Crippen molar-refractivity contribution in [2.45, 2.75) is 43.8 Å². The van der Waals surface area contributed by atoms with Crippen molar-refractivity contribution in [3.05, 3.63) is 60.3 Å². The van der Waals surface area contributed by atoms with Crippen molar-refractivity contribution in [3.63, 3.8) is 0 Å². The Morgan fingerprint density at radius 3 is 2.67 bits per heavy atom. The van der Waals surface area contributed by atoms with Gasteiger partial charge in [0, 0.05) is 48.4 Å². The maximum Gasteiger partial charge on any atom is 0.319 e. The molecule has 3 fully saturated rings. The number of halogens is 2. The normalized spacial score (nSPS) is 21.4. The van der Waals surface area contributed by atoms with Crippen LogP contribution in [-0.2, 0) is 4.79 Å². The summed E-state index contributed by atoms with van der Waals surface area (Å²) >= 11 is 0. The maximum atomic E-state index is 16.7. The molecule has 230 valence electrons. The molecule has 1 N–H and O–H groups in total. The lowest BCUT2D eigenvalue weighted by Crippen LogP contribution is -2.55.